The molecule has 1 aromatic rings. The summed E-state index contributed by atoms with van der Waals surface area (Å²) in [6.07, 6.45) is 1.22. The maximum atomic E-state index is 13.3. The highest BCUT2D eigenvalue weighted by Gasteiger charge is 2.46. The van der Waals surface area contributed by atoms with Gasteiger partial charge in [0, 0.05) is 35.7 Å². The fourth-order valence-corrected chi connectivity index (χ4v) is 5.88. The molecule has 0 amide bonds. The van der Waals surface area contributed by atoms with Gasteiger partial charge in [-0.3, -0.25) is 9.80 Å². The van der Waals surface area contributed by atoms with Crippen LogP contribution in [0.3, 0.4) is 0 Å². The Kier molecular flexibility index (Phi) is 5.12. The standard InChI is InChI=1S/C20H23BrN4O2S/c1-20(2)9-13-18(14(26)10-20)17(15-3-4-16(21)28-15)12(11-22)19(23)25(13)24-5-7-27-8-6-24/h3-4,17H,5-10,23H2,1-2H3. The molecule has 148 valence electrons. The van der Waals surface area contributed by atoms with E-state index < -0.39 is 5.92 Å². The van der Waals surface area contributed by atoms with Crippen LogP contribution in [0.15, 0.2) is 38.6 Å². The molecule has 0 spiro atoms. The van der Waals surface area contributed by atoms with Crippen LogP contribution < -0.4 is 5.73 Å². The highest BCUT2D eigenvalue weighted by molar-refractivity contribution is 9.11. The van der Waals surface area contributed by atoms with Crippen LogP contribution in [-0.4, -0.2) is 42.1 Å². The van der Waals surface area contributed by atoms with Crippen molar-refractivity contribution in [2.24, 2.45) is 11.1 Å². The number of carbonyl (C=O) groups is 1. The van der Waals surface area contributed by atoms with E-state index in [4.69, 9.17) is 10.5 Å². The van der Waals surface area contributed by atoms with Crippen molar-refractivity contribution < 1.29 is 9.53 Å². The van der Waals surface area contributed by atoms with Crippen LogP contribution in [0.2, 0.25) is 0 Å². The molecule has 1 aromatic heterocycles. The number of ether oxygens (including phenoxy) is 1. The zero-order chi connectivity index (χ0) is 20.1. The first-order chi connectivity index (χ1) is 13.3. The van der Waals surface area contributed by atoms with Gasteiger partial charge in [0.2, 0.25) is 0 Å². The Hall–Kier alpha value is -1.66. The largest absolute Gasteiger partial charge is 0.383 e. The number of hydrogen-bond acceptors (Lipinski definition) is 7. The summed E-state index contributed by atoms with van der Waals surface area (Å²) in [5, 5.41) is 14.0. The summed E-state index contributed by atoms with van der Waals surface area (Å²) in [7, 11) is 0. The lowest BCUT2D eigenvalue weighted by atomic mass is 9.70. The predicted molar refractivity (Wildman–Crippen MR) is 111 cm³/mol. The molecule has 6 nitrogen and oxygen atoms in total. The highest BCUT2D eigenvalue weighted by Crippen LogP contribution is 2.50. The minimum Gasteiger partial charge on any atom is -0.383 e. The zero-order valence-corrected chi connectivity index (χ0v) is 18.4. The number of hydrazine groups is 1. The number of nitrogens with zero attached hydrogens (tertiary/aromatic N) is 3. The van der Waals surface area contributed by atoms with Crippen LogP contribution in [-0.2, 0) is 9.53 Å². The Labute approximate surface area is 177 Å². The number of thiophene rings is 1. The summed E-state index contributed by atoms with van der Waals surface area (Å²) in [6.45, 7) is 6.80. The molecule has 0 bridgehead atoms. The van der Waals surface area contributed by atoms with Crippen molar-refractivity contribution in [1.29, 1.82) is 5.26 Å². The van der Waals surface area contributed by atoms with Crippen LogP contribution >= 0.6 is 27.3 Å². The van der Waals surface area contributed by atoms with E-state index in [1.807, 2.05) is 17.1 Å². The fourth-order valence-electron chi connectivity index (χ4n) is 4.34. The number of hydrogen-bond donors (Lipinski definition) is 1. The Balaban J connectivity index is 1.91. The minimum absolute atomic E-state index is 0.110. The molecule has 1 unspecified atom stereocenters. The van der Waals surface area contributed by atoms with Crippen molar-refractivity contribution in [3.63, 3.8) is 0 Å². The number of morpholine rings is 1. The molecule has 4 rings (SSSR count). The molecule has 1 atom stereocenters. The van der Waals surface area contributed by atoms with Gasteiger partial charge in [-0.25, -0.2) is 5.01 Å². The van der Waals surface area contributed by atoms with Crippen LogP contribution in [0.25, 0.3) is 0 Å². The highest BCUT2D eigenvalue weighted by atomic mass is 79.9. The third-order valence-corrected chi connectivity index (χ3v) is 7.19. The normalized spacial score (nSPS) is 25.7. The molecule has 1 saturated heterocycles. The van der Waals surface area contributed by atoms with Crippen molar-refractivity contribution >= 4 is 33.0 Å². The van der Waals surface area contributed by atoms with Gasteiger partial charge in [0.05, 0.1) is 34.6 Å². The first kappa shape index (κ1) is 19.6. The van der Waals surface area contributed by atoms with Gasteiger partial charge in [0.25, 0.3) is 0 Å². The van der Waals surface area contributed by atoms with Crippen molar-refractivity contribution in [2.45, 2.75) is 32.6 Å². The number of halogens is 1. The van der Waals surface area contributed by atoms with Gasteiger partial charge in [0.1, 0.15) is 5.82 Å². The second-order valence-electron chi connectivity index (χ2n) is 8.16. The van der Waals surface area contributed by atoms with Crippen LogP contribution in [0.4, 0.5) is 0 Å². The third kappa shape index (κ3) is 3.30. The van der Waals surface area contributed by atoms with E-state index in [2.05, 4.69) is 40.9 Å². The van der Waals surface area contributed by atoms with Gasteiger partial charge >= 0.3 is 0 Å². The fraction of sp³-hybridized carbons (Fsp3) is 0.500. The van der Waals surface area contributed by atoms with Gasteiger partial charge in [-0.1, -0.05) is 13.8 Å². The number of carbonyl (C=O) groups excluding carboxylic acids is 1. The number of Topliss-reactive ketones (excluding diaryl/α,β-unsaturated/α-hetero) is 1. The lowest BCUT2D eigenvalue weighted by Crippen LogP contribution is -2.53. The zero-order valence-electron chi connectivity index (χ0n) is 16.0. The maximum absolute atomic E-state index is 13.3. The summed E-state index contributed by atoms with van der Waals surface area (Å²) in [4.78, 5) is 14.3. The molecule has 2 aliphatic heterocycles. The summed E-state index contributed by atoms with van der Waals surface area (Å²) in [6, 6.07) is 6.25. The monoisotopic (exact) mass is 462 g/mol. The second kappa shape index (κ2) is 7.30. The Morgan fingerprint density at radius 2 is 2.04 bits per heavy atom. The van der Waals surface area contributed by atoms with Gasteiger partial charge < -0.3 is 10.5 Å². The molecular formula is C20H23BrN4O2S. The quantitative estimate of drug-likeness (QED) is 0.723. The smallest absolute Gasteiger partial charge is 0.162 e. The second-order valence-corrected chi connectivity index (χ2v) is 10.7. The molecule has 2 N–H and O–H groups in total. The number of ketones is 1. The number of rotatable bonds is 2. The van der Waals surface area contributed by atoms with E-state index in [0.717, 1.165) is 26.4 Å². The summed E-state index contributed by atoms with van der Waals surface area (Å²) < 4.78 is 6.47. The third-order valence-electron chi connectivity index (χ3n) is 5.50. The molecular weight excluding hydrogens is 440 g/mol. The van der Waals surface area contributed by atoms with E-state index in [0.29, 0.717) is 44.1 Å². The number of nitriles is 1. The molecule has 8 heteroatoms. The lowest BCUT2D eigenvalue weighted by molar-refractivity contribution is -0.119. The van der Waals surface area contributed by atoms with Crippen molar-refractivity contribution in [3.05, 3.63) is 43.5 Å². The van der Waals surface area contributed by atoms with Gasteiger partial charge in [0.15, 0.2) is 5.78 Å². The SMILES string of the molecule is CC1(C)CC(=O)C2=C(C1)N(N1CCOCC1)C(N)=C(C#N)C2c1ccc(Br)s1. The Bertz CT molecular complexity index is 921. The summed E-state index contributed by atoms with van der Waals surface area (Å²) >= 11 is 5.05. The van der Waals surface area contributed by atoms with Crippen molar-refractivity contribution in [1.82, 2.24) is 10.0 Å². The molecule has 1 fully saturated rings. The molecule has 0 aromatic carbocycles. The van der Waals surface area contributed by atoms with E-state index in [1.54, 1.807) is 11.3 Å². The molecule has 1 aliphatic carbocycles. The first-order valence-corrected chi connectivity index (χ1v) is 11.0. The summed E-state index contributed by atoms with van der Waals surface area (Å²) in [5.41, 5.74) is 8.56. The molecule has 28 heavy (non-hydrogen) atoms. The predicted octanol–water partition coefficient (Wildman–Crippen LogP) is 3.49. The Morgan fingerprint density at radius 3 is 2.64 bits per heavy atom. The van der Waals surface area contributed by atoms with E-state index in [9.17, 15) is 10.1 Å². The Morgan fingerprint density at radius 1 is 1.32 bits per heavy atom. The van der Waals surface area contributed by atoms with E-state index in [-0.39, 0.29) is 11.2 Å². The average molecular weight is 463 g/mol. The topological polar surface area (TPSA) is 82.6 Å². The van der Waals surface area contributed by atoms with Crippen LogP contribution in [0.5, 0.6) is 0 Å². The molecule has 3 heterocycles. The van der Waals surface area contributed by atoms with Crippen LogP contribution in [0.1, 0.15) is 37.5 Å². The molecule has 0 saturated carbocycles. The lowest BCUT2D eigenvalue weighted by Gasteiger charge is -2.48. The van der Waals surface area contributed by atoms with Gasteiger partial charge in [-0.2, -0.15) is 5.26 Å². The van der Waals surface area contributed by atoms with Crippen molar-refractivity contribution in [2.75, 3.05) is 26.3 Å². The molecule has 3 aliphatic rings. The average Bonchev–Trinajstić information content (AvgIpc) is 3.06. The van der Waals surface area contributed by atoms with E-state index >= 15 is 0 Å². The first-order valence-electron chi connectivity index (χ1n) is 9.36. The maximum Gasteiger partial charge on any atom is 0.162 e. The van der Waals surface area contributed by atoms with Gasteiger partial charge in [-0.15, -0.1) is 11.3 Å². The van der Waals surface area contributed by atoms with Crippen molar-refractivity contribution in [3.8, 4) is 6.07 Å². The van der Waals surface area contributed by atoms with Gasteiger partial charge in [-0.05, 0) is 39.9 Å². The number of allylic oxidation sites excluding steroid dienone is 3. The summed E-state index contributed by atoms with van der Waals surface area (Å²) in [5.74, 6) is 0.152. The number of nitrogens with two attached hydrogens (primary N) is 1. The van der Waals surface area contributed by atoms with Crippen LogP contribution in [0, 0.1) is 16.7 Å². The molecule has 0 radical (unpaired) electrons. The van der Waals surface area contributed by atoms with E-state index in [1.165, 1.54) is 0 Å². The minimum atomic E-state index is -0.391.